The maximum atomic E-state index is 12.0. The van der Waals surface area contributed by atoms with E-state index in [4.69, 9.17) is 9.47 Å². The minimum Gasteiger partial charge on any atom is -0.465 e. The molecule has 0 amide bonds. The lowest BCUT2D eigenvalue weighted by Gasteiger charge is -2.34. The van der Waals surface area contributed by atoms with Gasteiger partial charge >= 0.3 is 11.9 Å². The fourth-order valence-electron chi connectivity index (χ4n) is 1.98. The standard InChI is InChI=1S/C12H18O5/c1-9(13)16-7-12(8-17-10(2)14)6-4-3-5-11(12)15/h3-8H2,1-2H3. The summed E-state index contributed by atoms with van der Waals surface area (Å²) in [6, 6.07) is 0. The predicted octanol–water partition coefficient (Wildman–Crippen LogP) is 1.24. The Morgan fingerprint density at radius 2 is 1.65 bits per heavy atom. The average molecular weight is 242 g/mol. The molecule has 5 nitrogen and oxygen atoms in total. The summed E-state index contributed by atoms with van der Waals surface area (Å²) >= 11 is 0. The maximum Gasteiger partial charge on any atom is 0.302 e. The van der Waals surface area contributed by atoms with Gasteiger partial charge in [-0.1, -0.05) is 6.42 Å². The van der Waals surface area contributed by atoms with E-state index in [9.17, 15) is 14.4 Å². The summed E-state index contributed by atoms with van der Waals surface area (Å²) in [6.45, 7) is 2.61. The first kappa shape index (κ1) is 13.7. The molecule has 0 unspecified atom stereocenters. The average Bonchev–Trinajstić information content (AvgIpc) is 2.26. The van der Waals surface area contributed by atoms with Crippen LogP contribution in [-0.4, -0.2) is 30.9 Å². The third-order valence-corrected chi connectivity index (χ3v) is 3.00. The molecule has 0 heterocycles. The smallest absolute Gasteiger partial charge is 0.302 e. The van der Waals surface area contributed by atoms with E-state index in [2.05, 4.69) is 0 Å². The summed E-state index contributed by atoms with van der Waals surface area (Å²) in [4.78, 5) is 33.6. The molecule has 0 aromatic rings. The summed E-state index contributed by atoms with van der Waals surface area (Å²) < 4.78 is 9.87. The molecule has 5 heteroatoms. The summed E-state index contributed by atoms with van der Waals surface area (Å²) in [5.74, 6) is -0.831. The Kier molecular flexibility index (Phi) is 4.66. The molecular formula is C12H18O5. The number of esters is 2. The maximum absolute atomic E-state index is 12.0. The van der Waals surface area contributed by atoms with Crippen LogP contribution in [0.3, 0.4) is 0 Å². The summed E-state index contributed by atoms with van der Waals surface area (Å²) in [5.41, 5.74) is -0.824. The van der Waals surface area contributed by atoms with Crippen molar-refractivity contribution in [3.8, 4) is 0 Å². The SMILES string of the molecule is CC(=O)OCC1(COC(C)=O)CCCCC1=O. The molecule has 17 heavy (non-hydrogen) atoms. The van der Waals surface area contributed by atoms with Gasteiger partial charge < -0.3 is 9.47 Å². The number of ether oxygens (including phenoxy) is 2. The van der Waals surface area contributed by atoms with Crippen molar-refractivity contribution in [2.75, 3.05) is 13.2 Å². The molecule has 0 spiro atoms. The Bertz CT molecular complexity index is 303. The summed E-state index contributed by atoms with van der Waals surface area (Å²) in [6.07, 6.45) is 2.80. The van der Waals surface area contributed by atoms with E-state index in [0.29, 0.717) is 12.8 Å². The van der Waals surface area contributed by atoms with E-state index in [-0.39, 0.29) is 19.0 Å². The summed E-state index contributed by atoms with van der Waals surface area (Å²) in [7, 11) is 0. The van der Waals surface area contributed by atoms with Crippen LogP contribution >= 0.6 is 0 Å². The molecule has 1 aliphatic carbocycles. The first-order valence-corrected chi connectivity index (χ1v) is 5.76. The van der Waals surface area contributed by atoms with Gasteiger partial charge in [0, 0.05) is 20.3 Å². The van der Waals surface area contributed by atoms with E-state index >= 15 is 0 Å². The molecule has 0 aromatic carbocycles. The van der Waals surface area contributed by atoms with Gasteiger partial charge in [-0.3, -0.25) is 14.4 Å². The van der Waals surface area contributed by atoms with E-state index in [1.54, 1.807) is 0 Å². The number of hydrogen-bond donors (Lipinski definition) is 0. The molecule has 0 N–H and O–H groups in total. The van der Waals surface area contributed by atoms with Crippen LogP contribution in [0.15, 0.2) is 0 Å². The number of hydrogen-bond acceptors (Lipinski definition) is 5. The first-order valence-electron chi connectivity index (χ1n) is 5.76. The van der Waals surface area contributed by atoms with Crippen molar-refractivity contribution in [3.05, 3.63) is 0 Å². The lowest BCUT2D eigenvalue weighted by molar-refractivity contribution is -0.158. The molecule has 0 aromatic heterocycles. The van der Waals surface area contributed by atoms with Gasteiger partial charge in [-0.05, 0) is 12.8 Å². The Morgan fingerprint density at radius 1 is 1.12 bits per heavy atom. The van der Waals surface area contributed by atoms with E-state index in [1.165, 1.54) is 13.8 Å². The second kappa shape index (κ2) is 5.80. The number of carbonyl (C=O) groups excluding carboxylic acids is 3. The number of ketones is 1. The molecule has 0 atom stereocenters. The lowest BCUT2D eigenvalue weighted by Crippen LogP contribution is -2.43. The Morgan fingerprint density at radius 3 is 2.06 bits per heavy atom. The van der Waals surface area contributed by atoms with Gasteiger partial charge in [-0.25, -0.2) is 0 Å². The second-order valence-electron chi connectivity index (χ2n) is 4.47. The minimum atomic E-state index is -0.824. The number of Topliss-reactive ketones (excluding diaryl/α,β-unsaturated/α-hetero) is 1. The van der Waals surface area contributed by atoms with Crippen molar-refractivity contribution in [3.63, 3.8) is 0 Å². The zero-order chi connectivity index (χ0) is 12.9. The molecule has 96 valence electrons. The number of rotatable bonds is 4. The van der Waals surface area contributed by atoms with Crippen molar-refractivity contribution >= 4 is 17.7 Å². The van der Waals surface area contributed by atoms with Gasteiger partial charge in [0.2, 0.25) is 0 Å². The zero-order valence-electron chi connectivity index (χ0n) is 10.3. The van der Waals surface area contributed by atoms with Crippen LogP contribution in [0.1, 0.15) is 39.5 Å². The Labute approximate surface area is 100 Å². The highest BCUT2D eigenvalue weighted by Crippen LogP contribution is 2.34. The van der Waals surface area contributed by atoms with E-state index in [1.807, 2.05) is 0 Å². The Hall–Kier alpha value is -1.39. The molecule has 0 radical (unpaired) electrons. The van der Waals surface area contributed by atoms with Gasteiger partial charge in [0.25, 0.3) is 0 Å². The van der Waals surface area contributed by atoms with Crippen LogP contribution in [0.5, 0.6) is 0 Å². The van der Waals surface area contributed by atoms with Gasteiger partial charge in [0.15, 0.2) is 0 Å². The quantitative estimate of drug-likeness (QED) is 0.694. The molecule has 1 rings (SSSR count). The van der Waals surface area contributed by atoms with Crippen molar-refractivity contribution in [2.45, 2.75) is 39.5 Å². The molecular weight excluding hydrogens is 224 g/mol. The van der Waals surface area contributed by atoms with Gasteiger partial charge in [0.05, 0.1) is 5.41 Å². The molecule has 1 aliphatic rings. The van der Waals surface area contributed by atoms with Gasteiger partial charge in [0.1, 0.15) is 19.0 Å². The fraction of sp³-hybridized carbons (Fsp3) is 0.750. The second-order valence-corrected chi connectivity index (χ2v) is 4.47. The number of carbonyl (C=O) groups is 3. The first-order chi connectivity index (χ1) is 7.96. The Balaban J connectivity index is 2.70. The van der Waals surface area contributed by atoms with E-state index in [0.717, 1.165) is 12.8 Å². The van der Waals surface area contributed by atoms with Crippen LogP contribution < -0.4 is 0 Å². The van der Waals surface area contributed by atoms with Gasteiger partial charge in [-0.2, -0.15) is 0 Å². The largest absolute Gasteiger partial charge is 0.465 e. The van der Waals surface area contributed by atoms with Crippen molar-refractivity contribution in [1.29, 1.82) is 0 Å². The highest BCUT2D eigenvalue weighted by atomic mass is 16.5. The molecule has 1 saturated carbocycles. The minimum absolute atomic E-state index is 0.00838. The van der Waals surface area contributed by atoms with Crippen LogP contribution in [0.4, 0.5) is 0 Å². The highest BCUT2D eigenvalue weighted by Gasteiger charge is 2.42. The monoisotopic (exact) mass is 242 g/mol. The third-order valence-electron chi connectivity index (χ3n) is 3.00. The molecule has 0 aliphatic heterocycles. The summed E-state index contributed by atoms with van der Waals surface area (Å²) in [5, 5.41) is 0. The van der Waals surface area contributed by atoms with Gasteiger partial charge in [-0.15, -0.1) is 0 Å². The zero-order valence-corrected chi connectivity index (χ0v) is 10.3. The molecule has 0 bridgehead atoms. The molecule has 1 fully saturated rings. The third kappa shape index (κ3) is 3.84. The van der Waals surface area contributed by atoms with Crippen LogP contribution in [0.2, 0.25) is 0 Å². The van der Waals surface area contributed by atoms with E-state index < -0.39 is 17.4 Å². The van der Waals surface area contributed by atoms with Crippen LogP contribution in [-0.2, 0) is 23.9 Å². The fourth-order valence-corrected chi connectivity index (χ4v) is 1.98. The predicted molar refractivity (Wildman–Crippen MR) is 59.2 cm³/mol. The normalized spacial score (nSPS) is 18.6. The van der Waals surface area contributed by atoms with Crippen molar-refractivity contribution in [2.24, 2.45) is 5.41 Å². The van der Waals surface area contributed by atoms with Crippen molar-refractivity contribution < 1.29 is 23.9 Å². The van der Waals surface area contributed by atoms with Crippen LogP contribution in [0, 0.1) is 5.41 Å². The molecule has 0 saturated heterocycles. The topological polar surface area (TPSA) is 69.7 Å². The highest BCUT2D eigenvalue weighted by molar-refractivity contribution is 5.86. The lowest BCUT2D eigenvalue weighted by atomic mass is 9.74. The van der Waals surface area contributed by atoms with Crippen molar-refractivity contribution in [1.82, 2.24) is 0 Å². The van der Waals surface area contributed by atoms with Crippen LogP contribution in [0.25, 0.3) is 0 Å².